The molecular formula is C16H23ClN2. The molecule has 1 fully saturated rings. The Kier molecular flexibility index (Phi) is 4.11. The molecule has 2 aliphatic rings. The average molecular weight is 279 g/mol. The van der Waals surface area contributed by atoms with Crippen LogP contribution in [0.2, 0.25) is 5.02 Å². The van der Waals surface area contributed by atoms with Crippen molar-refractivity contribution in [2.75, 3.05) is 19.6 Å². The summed E-state index contributed by atoms with van der Waals surface area (Å²) in [6.45, 7) is 5.95. The van der Waals surface area contributed by atoms with Crippen LogP contribution in [0, 0.1) is 0 Å². The molecule has 1 atom stereocenters. The summed E-state index contributed by atoms with van der Waals surface area (Å²) in [7, 11) is 0. The van der Waals surface area contributed by atoms with E-state index in [2.05, 4.69) is 29.3 Å². The topological polar surface area (TPSA) is 15.3 Å². The van der Waals surface area contributed by atoms with Crippen LogP contribution in [0.4, 0.5) is 0 Å². The molecule has 2 nitrogen and oxygen atoms in total. The minimum absolute atomic E-state index is 0.617. The molecule has 19 heavy (non-hydrogen) atoms. The van der Waals surface area contributed by atoms with Gasteiger partial charge in [0.1, 0.15) is 0 Å². The van der Waals surface area contributed by atoms with Crippen LogP contribution in [-0.2, 0) is 12.8 Å². The Hall–Kier alpha value is -0.570. The fourth-order valence-electron chi connectivity index (χ4n) is 3.45. The zero-order chi connectivity index (χ0) is 13.2. The predicted molar refractivity (Wildman–Crippen MR) is 80.9 cm³/mol. The first-order valence-corrected chi connectivity index (χ1v) is 7.88. The maximum absolute atomic E-state index is 6.07. The molecule has 3 rings (SSSR count). The van der Waals surface area contributed by atoms with Crippen LogP contribution >= 0.6 is 11.6 Å². The van der Waals surface area contributed by atoms with Gasteiger partial charge >= 0.3 is 0 Å². The summed E-state index contributed by atoms with van der Waals surface area (Å²) >= 11 is 6.07. The van der Waals surface area contributed by atoms with Crippen molar-refractivity contribution in [2.45, 2.75) is 44.7 Å². The third-order valence-electron chi connectivity index (χ3n) is 4.61. The molecule has 1 aromatic rings. The fraction of sp³-hybridized carbons (Fsp3) is 0.625. The van der Waals surface area contributed by atoms with E-state index in [1.54, 1.807) is 0 Å². The van der Waals surface area contributed by atoms with E-state index in [4.69, 9.17) is 11.6 Å². The van der Waals surface area contributed by atoms with Gasteiger partial charge in [0.15, 0.2) is 0 Å². The van der Waals surface area contributed by atoms with Crippen molar-refractivity contribution in [1.82, 2.24) is 10.2 Å². The van der Waals surface area contributed by atoms with E-state index in [9.17, 15) is 0 Å². The van der Waals surface area contributed by atoms with E-state index in [0.717, 1.165) is 11.4 Å². The summed E-state index contributed by atoms with van der Waals surface area (Å²) < 4.78 is 0. The Labute approximate surface area is 121 Å². The zero-order valence-electron chi connectivity index (χ0n) is 11.7. The number of fused-ring (bicyclic) bond motifs is 1. The molecule has 104 valence electrons. The minimum atomic E-state index is 0.617. The predicted octanol–water partition coefficient (Wildman–Crippen LogP) is 2.88. The van der Waals surface area contributed by atoms with E-state index in [1.165, 1.54) is 50.0 Å². The molecule has 0 spiro atoms. The minimum Gasteiger partial charge on any atom is -0.310 e. The highest BCUT2D eigenvalue weighted by Crippen LogP contribution is 2.26. The number of hydrogen-bond donors (Lipinski definition) is 1. The largest absolute Gasteiger partial charge is 0.310 e. The van der Waals surface area contributed by atoms with Gasteiger partial charge in [0.05, 0.1) is 0 Å². The maximum Gasteiger partial charge on any atom is 0.0408 e. The Morgan fingerprint density at radius 3 is 2.63 bits per heavy atom. The van der Waals surface area contributed by atoms with Crippen LogP contribution in [0.5, 0.6) is 0 Å². The zero-order valence-corrected chi connectivity index (χ0v) is 12.4. The Bertz CT molecular complexity index is 438. The molecule has 1 aromatic carbocycles. The molecule has 1 N–H and O–H groups in total. The number of rotatable bonds is 3. The lowest BCUT2D eigenvalue weighted by atomic mass is 10.0. The summed E-state index contributed by atoms with van der Waals surface area (Å²) in [5, 5.41) is 4.73. The van der Waals surface area contributed by atoms with Crippen molar-refractivity contribution in [2.24, 2.45) is 0 Å². The second-order valence-electron chi connectivity index (χ2n) is 5.89. The highest BCUT2D eigenvalue weighted by Gasteiger charge is 2.25. The third-order valence-corrected chi connectivity index (χ3v) is 4.84. The fourth-order valence-corrected chi connectivity index (χ4v) is 3.65. The monoisotopic (exact) mass is 278 g/mol. The summed E-state index contributed by atoms with van der Waals surface area (Å²) in [4.78, 5) is 2.54. The second kappa shape index (κ2) is 5.82. The van der Waals surface area contributed by atoms with Crippen LogP contribution in [-0.4, -0.2) is 36.6 Å². The SMILES string of the molecule is CCN1CCC(NC2Cc3ccc(Cl)cc3C2)CC1. The van der Waals surface area contributed by atoms with Gasteiger partial charge in [0.2, 0.25) is 0 Å². The smallest absolute Gasteiger partial charge is 0.0408 e. The normalized spacial score (nSPS) is 24.6. The first-order valence-electron chi connectivity index (χ1n) is 7.50. The lowest BCUT2D eigenvalue weighted by Crippen LogP contribution is -2.46. The Morgan fingerprint density at radius 2 is 1.89 bits per heavy atom. The molecule has 1 unspecified atom stereocenters. The van der Waals surface area contributed by atoms with Gasteiger partial charge in [0.25, 0.3) is 0 Å². The number of piperidine rings is 1. The summed E-state index contributed by atoms with van der Waals surface area (Å²) in [5.41, 5.74) is 2.92. The molecule has 3 heteroatoms. The van der Waals surface area contributed by atoms with Crippen molar-refractivity contribution in [3.05, 3.63) is 34.3 Å². The first kappa shape index (κ1) is 13.4. The van der Waals surface area contributed by atoms with E-state index in [1.807, 2.05) is 6.07 Å². The number of nitrogens with one attached hydrogen (secondary N) is 1. The van der Waals surface area contributed by atoms with Crippen molar-refractivity contribution in [1.29, 1.82) is 0 Å². The molecule has 0 saturated carbocycles. The van der Waals surface area contributed by atoms with Gasteiger partial charge in [-0.2, -0.15) is 0 Å². The van der Waals surface area contributed by atoms with Crippen LogP contribution in [0.3, 0.4) is 0 Å². The van der Waals surface area contributed by atoms with Gasteiger partial charge in [0, 0.05) is 17.1 Å². The van der Waals surface area contributed by atoms with Gasteiger partial charge in [-0.15, -0.1) is 0 Å². The molecule has 0 radical (unpaired) electrons. The number of likely N-dealkylation sites (tertiary alicyclic amines) is 1. The lowest BCUT2D eigenvalue weighted by Gasteiger charge is -2.33. The molecule has 1 heterocycles. The Balaban J connectivity index is 1.53. The van der Waals surface area contributed by atoms with Crippen LogP contribution in [0.1, 0.15) is 30.9 Å². The number of halogens is 1. The highest BCUT2D eigenvalue weighted by atomic mass is 35.5. The van der Waals surface area contributed by atoms with E-state index < -0.39 is 0 Å². The van der Waals surface area contributed by atoms with Crippen LogP contribution < -0.4 is 5.32 Å². The van der Waals surface area contributed by atoms with Crippen molar-refractivity contribution >= 4 is 11.6 Å². The summed E-state index contributed by atoms with van der Waals surface area (Å²) in [5.74, 6) is 0. The maximum atomic E-state index is 6.07. The second-order valence-corrected chi connectivity index (χ2v) is 6.33. The quantitative estimate of drug-likeness (QED) is 0.915. The standard InChI is InChI=1S/C16H23ClN2/c1-2-19-7-5-15(6-8-19)18-16-10-12-3-4-14(17)9-13(12)11-16/h3-4,9,15-16,18H,2,5-8,10-11H2,1H3. The summed E-state index contributed by atoms with van der Waals surface area (Å²) in [6.07, 6.45) is 4.90. The molecule has 1 saturated heterocycles. The molecule has 1 aliphatic heterocycles. The van der Waals surface area contributed by atoms with Gasteiger partial charge in [-0.05, 0) is 68.6 Å². The lowest BCUT2D eigenvalue weighted by molar-refractivity contribution is 0.199. The van der Waals surface area contributed by atoms with Crippen molar-refractivity contribution in [3.8, 4) is 0 Å². The number of benzene rings is 1. The highest BCUT2D eigenvalue weighted by molar-refractivity contribution is 6.30. The van der Waals surface area contributed by atoms with Gasteiger partial charge in [-0.1, -0.05) is 24.6 Å². The first-order chi connectivity index (χ1) is 9.24. The van der Waals surface area contributed by atoms with Gasteiger partial charge < -0.3 is 10.2 Å². The van der Waals surface area contributed by atoms with E-state index in [0.29, 0.717) is 12.1 Å². The molecule has 0 amide bonds. The van der Waals surface area contributed by atoms with Crippen LogP contribution in [0.15, 0.2) is 18.2 Å². The molecular weight excluding hydrogens is 256 g/mol. The van der Waals surface area contributed by atoms with Crippen molar-refractivity contribution in [3.63, 3.8) is 0 Å². The van der Waals surface area contributed by atoms with E-state index >= 15 is 0 Å². The van der Waals surface area contributed by atoms with E-state index in [-0.39, 0.29) is 0 Å². The molecule has 0 bridgehead atoms. The number of hydrogen-bond acceptors (Lipinski definition) is 2. The number of nitrogens with zero attached hydrogens (tertiary/aromatic N) is 1. The summed E-state index contributed by atoms with van der Waals surface area (Å²) in [6, 6.07) is 7.67. The molecule has 0 aromatic heterocycles. The van der Waals surface area contributed by atoms with Crippen molar-refractivity contribution < 1.29 is 0 Å². The molecule has 1 aliphatic carbocycles. The third kappa shape index (κ3) is 3.13. The van der Waals surface area contributed by atoms with Crippen LogP contribution in [0.25, 0.3) is 0 Å². The van der Waals surface area contributed by atoms with Gasteiger partial charge in [-0.3, -0.25) is 0 Å². The average Bonchev–Trinajstić information content (AvgIpc) is 2.81. The Morgan fingerprint density at radius 1 is 1.16 bits per heavy atom. The van der Waals surface area contributed by atoms with Gasteiger partial charge in [-0.25, -0.2) is 0 Å².